The van der Waals surface area contributed by atoms with E-state index in [0.717, 1.165) is 17.6 Å². The molecule has 0 atom stereocenters. The summed E-state index contributed by atoms with van der Waals surface area (Å²) in [6.45, 7) is 9.47. The highest BCUT2D eigenvalue weighted by Crippen LogP contribution is 2.20. The Balaban J connectivity index is 2.88. The summed E-state index contributed by atoms with van der Waals surface area (Å²) >= 11 is 0. The standard InChI is InChI=1S/C16H18O/c1-4-9-15(16(17)5-2)13(3)12-14-10-7-6-8-11-14/h4-11,17H,1,3,12H2,2H3/b15-9-,16-5+. The van der Waals surface area contributed by atoms with Crippen LogP contribution in [0.25, 0.3) is 0 Å². The maximum Gasteiger partial charge on any atom is 0.118 e. The molecule has 0 aromatic heterocycles. The van der Waals surface area contributed by atoms with Gasteiger partial charge in [0.2, 0.25) is 0 Å². The van der Waals surface area contributed by atoms with Crippen molar-refractivity contribution in [2.45, 2.75) is 13.3 Å². The van der Waals surface area contributed by atoms with Crippen LogP contribution in [-0.4, -0.2) is 5.11 Å². The van der Waals surface area contributed by atoms with Crippen molar-refractivity contribution < 1.29 is 5.11 Å². The van der Waals surface area contributed by atoms with Gasteiger partial charge in [0.25, 0.3) is 0 Å². The normalized spacial score (nSPS) is 12.3. The fourth-order valence-corrected chi connectivity index (χ4v) is 1.60. The van der Waals surface area contributed by atoms with Crippen LogP contribution in [-0.2, 0) is 6.42 Å². The number of hydrogen-bond acceptors (Lipinski definition) is 1. The van der Waals surface area contributed by atoms with E-state index in [1.165, 1.54) is 5.56 Å². The Morgan fingerprint density at radius 3 is 2.47 bits per heavy atom. The largest absolute Gasteiger partial charge is 0.508 e. The maximum atomic E-state index is 9.78. The van der Waals surface area contributed by atoms with Gasteiger partial charge in [-0.1, -0.05) is 55.6 Å². The summed E-state index contributed by atoms with van der Waals surface area (Å²) < 4.78 is 0. The summed E-state index contributed by atoms with van der Waals surface area (Å²) in [5.41, 5.74) is 2.80. The Kier molecular flexibility index (Phi) is 5.02. The lowest BCUT2D eigenvalue weighted by Crippen LogP contribution is -1.96. The minimum absolute atomic E-state index is 0.242. The van der Waals surface area contributed by atoms with Gasteiger partial charge >= 0.3 is 0 Å². The lowest BCUT2D eigenvalue weighted by atomic mass is 9.98. The summed E-state index contributed by atoms with van der Waals surface area (Å²) in [7, 11) is 0. The van der Waals surface area contributed by atoms with Crippen molar-refractivity contribution in [1.82, 2.24) is 0 Å². The quantitative estimate of drug-likeness (QED) is 0.584. The summed E-state index contributed by atoms with van der Waals surface area (Å²) in [4.78, 5) is 0. The summed E-state index contributed by atoms with van der Waals surface area (Å²) in [5, 5.41) is 9.78. The Morgan fingerprint density at radius 2 is 1.94 bits per heavy atom. The Labute approximate surface area is 103 Å². The van der Waals surface area contributed by atoms with E-state index < -0.39 is 0 Å². The Morgan fingerprint density at radius 1 is 1.29 bits per heavy atom. The van der Waals surface area contributed by atoms with Gasteiger partial charge < -0.3 is 5.11 Å². The molecule has 0 unspecified atom stereocenters. The van der Waals surface area contributed by atoms with Gasteiger partial charge in [0.1, 0.15) is 5.76 Å². The van der Waals surface area contributed by atoms with Gasteiger partial charge in [0, 0.05) is 5.57 Å². The van der Waals surface area contributed by atoms with Gasteiger partial charge in [-0.15, -0.1) is 0 Å². The van der Waals surface area contributed by atoms with E-state index >= 15 is 0 Å². The Hall–Kier alpha value is -2.02. The van der Waals surface area contributed by atoms with E-state index in [2.05, 4.69) is 13.2 Å². The van der Waals surface area contributed by atoms with Gasteiger partial charge in [-0.25, -0.2) is 0 Å². The third-order valence-corrected chi connectivity index (χ3v) is 2.48. The first-order valence-corrected chi connectivity index (χ1v) is 5.59. The van der Waals surface area contributed by atoms with E-state index in [0.29, 0.717) is 0 Å². The van der Waals surface area contributed by atoms with E-state index in [4.69, 9.17) is 0 Å². The highest BCUT2D eigenvalue weighted by atomic mass is 16.3. The molecule has 0 fully saturated rings. The number of benzene rings is 1. The molecule has 0 heterocycles. The monoisotopic (exact) mass is 226 g/mol. The van der Waals surface area contributed by atoms with E-state index in [1.807, 2.05) is 30.3 Å². The van der Waals surface area contributed by atoms with Crippen LogP contribution in [0, 0.1) is 0 Å². The third kappa shape index (κ3) is 3.80. The van der Waals surface area contributed by atoms with Crippen LogP contribution >= 0.6 is 0 Å². The van der Waals surface area contributed by atoms with Crippen molar-refractivity contribution in [3.05, 3.63) is 84.2 Å². The molecular formula is C16H18O. The molecule has 1 N–H and O–H groups in total. The first-order chi connectivity index (χ1) is 8.19. The van der Waals surface area contributed by atoms with Gasteiger partial charge in [0.15, 0.2) is 0 Å². The van der Waals surface area contributed by atoms with Crippen LogP contribution in [0.1, 0.15) is 12.5 Å². The number of hydrogen-bond donors (Lipinski definition) is 1. The van der Waals surface area contributed by atoms with Crippen molar-refractivity contribution in [2.75, 3.05) is 0 Å². The second-order valence-corrected chi connectivity index (χ2v) is 3.76. The predicted molar refractivity (Wildman–Crippen MR) is 74.0 cm³/mol. The van der Waals surface area contributed by atoms with Crippen LogP contribution < -0.4 is 0 Å². The molecule has 0 aliphatic carbocycles. The van der Waals surface area contributed by atoms with Gasteiger partial charge in [0.05, 0.1) is 0 Å². The smallest absolute Gasteiger partial charge is 0.118 e. The molecule has 1 heteroatoms. The van der Waals surface area contributed by atoms with Crippen molar-refractivity contribution in [2.24, 2.45) is 0 Å². The molecule has 88 valence electrons. The zero-order valence-corrected chi connectivity index (χ0v) is 10.2. The van der Waals surface area contributed by atoms with E-state index in [9.17, 15) is 5.11 Å². The van der Waals surface area contributed by atoms with Gasteiger partial charge in [-0.2, -0.15) is 0 Å². The van der Waals surface area contributed by atoms with Crippen molar-refractivity contribution in [3.8, 4) is 0 Å². The van der Waals surface area contributed by atoms with Gasteiger partial charge in [-0.3, -0.25) is 0 Å². The molecule has 1 rings (SSSR count). The average molecular weight is 226 g/mol. The molecule has 0 bridgehead atoms. The van der Waals surface area contributed by atoms with Crippen molar-refractivity contribution >= 4 is 0 Å². The zero-order valence-electron chi connectivity index (χ0n) is 10.2. The SMILES string of the molecule is C=C/C=C(C(=C)Cc1ccccc1)\C(O)=C/C. The molecule has 1 aromatic rings. The summed E-state index contributed by atoms with van der Waals surface area (Å²) in [6, 6.07) is 10.1. The number of aliphatic hydroxyl groups excluding tert-OH is 1. The van der Waals surface area contributed by atoms with E-state index in [-0.39, 0.29) is 5.76 Å². The topological polar surface area (TPSA) is 20.2 Å². The molecule has 0 radical (unpaired) electrons. The van der Waals surface area contributed by atoms with Crippen molar-refractivity contribution in [3.63, 3.8) is 0 Å². The second-order valence-electron chi connectivity index (χ2n) is 3.76. The van der Waals surface area contributed by atoms with Crippen LogP contribution in [0.5, 0.6) is 0 Å². The lowest BCUT2D eigenvalue weighted by molar-refractivity contribution is 0.423. The highest BCUT2D eigenvalue weighted by Gasteiger charge is 2.07. The molecule has 0 aliphatic rings. The van der Waals surface area contributed by atoms with Crippen LogP contribution in [0.4, 0.5) is 0 Å². The molecule has 0 saturated carbocycles. The molecular weight excluding hydrogens is 208 g/mol. The molecule has 17 heavy (non-hydrogen) atoms. The fraction of sp³-hybridized carbons (Fsp3) is 0.125. The number of rotatable bonds is 5. The average Bonchev–Trinajstić information content (AvgIpc) is 2.36. The predicted octanol–water partition coefficient (Wildman–Crippen LogP) is 4.36. The minimum atomic E-state index is 0.242. The molecule has 1 nitrogen and oxygen atoms in total. The molecule has 0 aliphatic heterocycles. The molecule has 0 spiro atoms. The van der Waals surface area contributed by atoms with Crippen LogP contribution in [0.3, 0.4) is 0 Å². The highest BCUT2D eigenvalue weighted by molar-refractivity contribution is 5.45. The maximum absolute atomic E-state index is 9.78. The zero-order chi connectivity index (χ0) is 12.7. The molecule has 1 aromatic carbocycles. The summed E-state index contributed by atoms with van der Waals surface area (Å²) in [5.74, 6) is 0.242. The number of allylic oxidation sites excluding steroid dienone is 4. The van der Waals surface area contributed by atoms with E-state index in [1.54, 1.807) is 25.2 Å². The summed E-state index contributed by atoms with van der Waals surface area (Å²) in [6.07, 6.45) is 5.82. The fourth-order valence-electron chi connectivity index (χ4n) is 1.60. The Bertz CT molecular complexity index is 450. The lowest BCUT2D eigenvalue weighted by Gasteiger charge is -2.10. The van der Waals surface area contributed by atoms with Gasteiger partial charge in [-0.05, 0) is 30.6 Å². The minimum Gasteiger partial charge on any atom is -0.508 e. The van der Waals surface area contributed by atoms with Crippen LogP contribution in [0.15, 0.2) is 78.6 Å². The third-order valence-electron chi connectivity index (χ3n) is 2.48. The number of aliphatic hydroxyl groups is 1. The van der Waals surface area contributed by atoms with Crippen molar-refractivity contribution in [1.29, 1.82) is 0 Å². The second kappa shape index (κ2) is 6.54. The van der Waals surface area contributed by atoms with Crippen LogP contribution in [0.2, 0.25) is 0 Å². The molecule has 0 saturated heterocycles. The molecule has 0 amide bonds. The first-order valence-electron chi connectivity index (χ1n) is 5.59. The first kappa shape index (κ1) is 13.0.